The third-order valence-corrected chi connectivity index (χ3v) is 7.74. The van der Waals surface area contributed by atoms with Crippen LogP contribution in [0.4, 0.5) is 0 Å². The normalized spacial score (nSPS) is 19.1. The van der Waals surface area contributed by atoms with Crippen molar-refractivity contribution < 1.29 is 8.42 Å². The van der Waals surface area contributed by atoms with Crippen molar-refractivity contribution in [2.45, 2.75) is 38.6 Å². The van der Waals surface area contributed by atoms with E-state index in [0.717, 1.165) is 40.9 Å². The van der Waals surface area contributed by atoms with E-state index >= 15 is 0 Å². The molecular formula is C16H23N3O2S2. The van der Waals surface area contributed by atoms with Crippen LogP contribution in [0.3, 0.4) is 0 Å². The third-order valence-electron chi connectivity index (χ3n) is 4.47. The Morgan fingerprint density at radius 2 is 1.83 bits per heavy atom. The summed E-state index contributed by atoms with van der Waals surface area (Å²) in [6, 6.07) is 7.65. The maximum Gasteiger partial charge on any atom is 0.282 e. The maximum atomic E-state index is 12.9. The molecule has 2 aromatic rings. The number of hydrogen-bond donors (Lipinski definition) is 0. The van der Waals surface area contributed by atoms with Crippen molar-refractivity contribution in [2.24, 2.45) is 0 Å². The molecule has 0 saturated carbocycles. The molecule has 1 aliphatic rings. The lowest BCUT2D eigenvalue weighted by Gasteiger charge is -2.29. The minimum atomic E-state index is -3.44. The van der Waals surface area contributed by atoms with Crippen molar-refractivity contribution in [3.8, 4) is 0 Å². The molecule has 2 heterocycles. The smallest absolute Gasteiger partial charge is 0.239 e. The van der Waals surface area contributed by atoms with E-state index < -0.39 is 10.2 Å². The number of aromatic nitrogens is 1. The van der Waals surface area contributed by atoms with Crippen LogP contribution < -0.4 is 0 Å². The first-order valence-electron chi connectivity index (χ1n) is 8.09. The Labute approximate surface area is 142 Å². The van der Waals surface area contributed by atoms with Crippen molar-refractivity contribution in [1.82, 2.24) is 13.6 Å². The average Bonchev–Trinajstić information content (AvgIpc) is 2.78. The molecule has 0 radical (unpaired) electrons. The molecule has 1 aliphatic heterocycles. The molecule has 0 aliphatic carbocycles. The third kappa shape index (κ3) is 3.42. The predicted molar refractivity (Wildman–Crippen MR) is 94.8 cm³/mol. The fourth-order valence-electron chi connectivity index (χ4n) is 2.88. The predicted octanol–water partition coefficient (Wildman–Crippen LogP) is 3.41. The summed E-state index contributed by atoms with van der Waals surface area (Å²) in [6.07, 6.45) is 4.12. The summed E-state index contributed by atoms with van der Waals surface area (Å²) in [7, 11) is -1.77. The molecule has 0 unspecified atom stereocenters. The lowest BCUT2D eigenvalue weighted by Crippen LogP contribution is -2.43. The van der Waals surface area contributed by atoms with E-state index in [4.69, 9.17) is 0 Å². The molecule has 7 heteroatoms. The van der Waals surface area contributed by atoms with Gasteiger partial charge < -0.3 is 0 Å². The van der Waals surface area contributed by atoms with E-state index in [1.807, 2.05) is 31.2 Å². The molecule has 1 aromatic heterocycles. The lowest BCUT2D eigenvalue weighted by atomic mass is 10.2. The van der Waals surface area contributed by atoms with Gasteiger partial charge in [0, 0.05) is 20.1 Å². The van der Waals surface area contributed by atoms with Crippen molar-refractivity contribution in [3.63, 3.8) is 0 Å². The highest BCUT2D eigenvalue weighted by atomic mass is 32.2. The summed E-state index contributed by atoms with van der Waals surface area (Å²) in [5, 5.41) is 0.840. The molecule has 0 amide bonds. The van der Waals surface area contributed by atoms with Gasteiger partial charge in [0.1, 0.15) is 5.01 Å². The Morgan fingerprint density at radius 1 is 1.17 bits per heavy atom. The van der Waals surface area contributed by atoms with Crippen LogP contribution in [0.2, 0.25) is 0 Å². The maximum absolute atomic E-state index is 12.9. The van der Waals surface area contributed by atoms with E-state index in [2.05, 4.69) is 4.98 Å². The van der Waals surface area contributed by atoms with Gasteiger partial charge in [0.05, 0.1) is 16.3 Å². The average molecular weight is 354 g/mol. The number of nitrogens with zero attached hydrogens (tertiary/aromatic N) is 3. The van der Waals surface area contributed by atoms with Crippen LogP contribution in [-0.4, -0.2) is 42.1 Å². The number of benzene rings is 1. The topological polar surface area (TPSA) is 53.5 Å². The van der Waals surface area contributed by atoms with Crippen LogP contribution in [-0.2, 0) is 10.2 Å². The zero-order valence-corrected chi connectivity index (χ0v) is 15.2. The Hall–Kier alpha value is -1.02. The van der Waals surface area contributed by atoms with Gasteiger partial charge in [-0.3, -0.25) is 0 Å². The highest BCUT2D eigenvalue weighted by molar-refractivity contribution is 7.86. The standard InChI is InChI=1S/C16H23N3O2S2/c1-13(16-17-14-9-5-6-10-15(14)22-16)18(2)23(20,21)19-11-7-3-4-8-12-19/h5-6,9-10,13H,3-4,7-8,11-12H2,1-2H3/t13-/m0/s1. The van der Waals surface area contributed by atoms with Crippen LogP contribution in [0, 0.1) is 0 Å². The molecule has 1 atom stereocenters. The fraction of sp³-hybridized carbons (Fsp3) is 0.562. The van der Waals surface area contributed by atoms with Gasteiger partial charge in [0.15, 0.2) is 0 Å². The molecule has 1 saturated heterocycles. The van der Waals surface area contributed by atoms with Gasteiger partial charge in [-0.05, 0) is 31.9 Å². The number of fused-ring (bicyclic) bond motifs is 1. The Morgan fingerprint density at radius 3 is 2.48 bits per heavy atom. The molecular weight excluding hydrogens is 330 g/mol. The zero-order valence-electron chi connectivity index (χ0n) is 13.6. The SMILES string of the molecule is C[C@@H](c1nc2ccccc2s1)N(C)S(=O)(=O)N1CCCCCC1. The highest BCUT2D eigenvalue weighted by Gasteiger charge is 2.32. The van der Waals surface area contributed by atoms with E-state index in [9.17, 15) is 8.42 Å². The lowest BCUT2D eigenvalue weighted by molar-refractivity contribution is 0.332. The number of hydrogen-bond acceptors (Lipinski definition) is 4. The summed E-state index contributed by atoms with van der Waals surface area (Å²) in [5.41, 5.74) is 0.930. The van der Waals surface area contributed by atoms with E-state index in [-0.39, 0.29) is 6.04 Å². The second-order valence-corrected chi connectivity index (χ2v) is 9.08. The molecule has 0 bridgehead atoms. The van der Waals surface area contributed by atoms with Gasteiger partial charge in [-0.1, -0.05) is 25.0 Å². The first kappa shape index (κ1) is 16.8. The van der Waals surface area contributed by atoms with Gasteiger partial charge in [0.2, 0.25) is 0 Å². The molecule has 0 N–H and O–H groups in total. The number of rotatable bonds is 4. The van der Waals surface area contributed by atoms with Gasteiger partial charge >= 0.3 is 0 Å². The molecule has 5 nitrogen and oxygen atoms in total. The molecule has 1 aromatic carbocycles. The van der Waals surface area contributed by atoms with Crippen LogP contribution in [0.25, 0.3) is 10.2 Å². The molecule has 23 heavy (non-hydrogen) atoms. The fourth-order valence-corrected chi connectivity index (χ4v) is 5.59. The first-order chi connectivity index (χ1) is 11.0. The Balaban J connectivity index is 1.83. The van der Waals surface area contributed by atoms with Gasteiger partial charge in [-0.15, -0.1) is 11.3 Å². The van der Waals surface area contributed by atoms with Crippen molar-refractivity contribution in [3.05, 3.63) is 29.3 Å². The van der Waals surface area contributed by atoms with E-state index in [1.165, 1.54) is 4.31 Å². The minimum Gasteiger partial charge on any atom is -0.239 e. The largest absolute Gasteiger partial charge is 0.282 e. The van der Waals surface area contributed by atoms with E-state index in [1.54, 1.807) is 22.7 Å². The highest BCUT2D eigenvalue weighted by Crippen LogP contribution is 2.31. The summed E-state index contributed by atoms with van der Waals surface area (Å²) in [6.45, 7) is 3.16. The second-order valence-electron chi connectivity index (χ2n) is 6.03. The number of para-hydroxylation sites is 1. The Bertz CT molecular complexity index is 731. The number of thiazole rings is 1. The van der Waals surface area contributed by atoms with Crippen LogP contribution in [0.5, 0.6) is 0 Å². The zero-order chi connectivity index (χ0) is 16.4. The molecule has 1 fully saturated rings. The van der Waals surface area contributed by atoms with Crippen molar-refractivity contribution in [1.29, 1.82) is 0 Å². The van der Waals surface area contributed by atoms with Crippen LogP contribution in [0.1, 0.15) is 43.7 Å². The van der Waals surface area contributed by atoms with Crippen LogP contribution >= 0.6 is 11.3 Å². The summed E-state index contributed by atoms with van der Waals surface area (Å²) in [4.78, 5) is 4.60. The van der Waals surface area contributed by atoms with Gasteiger partial charge in [0.25, 0.3) is 10.2 Å². The second kappa shape index (κ2) is 6.84. The van der Waals surface area contributed by atoms with Gasteiger partial charge in [-0.2, -0.15) is 17.0 Å². The molecule has 3 rings (SSSR count). The quantitative estimate of drug-likeness (QED) is 0.846. The van der Waals surface area contributed by atoms with Crippen LogP contribution in [0.15, 0.2) is 24.3 Å². The summed E-state index contributed by atoms with van der Waals surface area (Å²) in [5.74, 6) is 0. The van der Waals surface area contributed by atoms with Crippen molar-refractivity contribution >= 4 is 31.8 Å². The van der Waals surface area contributed by atoms with E-state index in [0.29, 0.717) is 13.1 Å². The monoisotopic (exact) mass is 353 g/mol. The van der Waals surface area contributed by atoms with Crippen molar-refractivity contribution in [2.75, 3.05) is 20.1 Å². The first-order valence-corrected chi connectivity index (χ1v) is 10.3. The molecule has 0 spiro atoms. The molecule has 126 valence electrons. The Kier molecular flexibility index (Phi) is 5.01. The summed E-state index contributed by atoms with van der Waals surface area (Å²) >= 11 is 1.56. The minimum absolute atomic E-state index is 0.263. The van der Waals surface area contributed by atoms with Gasteiger partial charge in [-0.25, -0.2) is 4.98 Å². The summed E-state index contributed by atoms with van der Waals surface area (Å²) < 4.78 is 30.0.